The molecule has 28 nitrogen and oxygen atoms in total. The minimum absolute atomic E-state index is 0.00229. The molecule has 0 radical (unpaired) electrons. The van der Waals surface area contributed by atoms with Crippen LogP contribution in [0.5, 0.6) is 11.5 Å². The first kappa shape index (κ1) is 73.6. The van der Waals surface area contributed by atoms with Crippen LogP contribution in [0, 0.1) is 16.7 Å². The lowest BCUT2D eigenvalue weighted by molar-refractivity contribution is -0.346. The molecule has 29 heteroatoms. The van der Waals surface area contributed by atoms with E-state index >= 15 is 9.59 Å². The van der Waals surface area contributed by atoms with Crippen molar-refractivity contribution < 1.29 is 101 Å². The molecule has 10 rings (SSSR count). The smallest absolute Gasteiger partial charge is 0.408 e. The SMILES string of the molecule is CCNC(=O)c1nnc(-c2cc(C(C)C)c(O)cc2O)n1-c1ccc(S(=O)(=O)N2CCN(C(=O)CCC(=O)O[C@@H](C(=O)O[C@H]3CC4(O)[C@@H](OC(=O)c5ccccc5)[C@@H]5[C@]6(OC(C)=O)CO[C@@H]6C[C@H](O)[C@@]5(C)C(=O)[C@H](O)C(=C3C)C4(C)C)[C@@H](NC(=O)OC(C)(C)C)c3ccccc3)CC2)cc1. The number of Topliss-reactive ketones (excluding diaryl/α,β-unsaturated/α-hetero) is 1. The van der Waals surface area contributed by atoms with Crippen molar-refractivity contribution in [3.63, 3.8) is 0 Å². The molecule has 1 unspecified atom stereocenters. The first-order valence-corrected chi connectivity index (χ1v) is 34.5. The molecule has 7 N–H and O–H groups in total. The number of phenolic OH excluding ortho intramolecular Hbond substituents is 2. The highest BCUT2D eigenvalue weighted by Crippen LogP contribution is 2.64. The van der Waals surface area contributed by atoms with E-state index < -0.39 is 153 Å². The lowest BCUT2D eigenvalue weighted by Crippen LogP contribution is -2.81. The van der Waals surface area contributed by atoms with E-state index in [1.54, 1.807) is 64.1 Å². The fourth-order valence-corrected chi connectivity index (χ4v) is 16.1. The molecular weight excluding hydrogens is 1320 g/mol. The number of nitrogens with zero attached hydrogens (tertiary/aromatic N) is 5. The van der Waals surface area contributed by atoms with Gasteiger partial charge in [-0.2, -0.15) is 4.31 Å². The maximum absolute atomic E-state index is 15.5. The second-order valence-corrected chi connectivity index (χ2v) is 29.9. The molecular formula is C71H85N7O21S. The van der Waals surface area contributed by atoms with Gasteiger partial charge in [0.15, 0.2) is 17.2 Å². The number of benzene rings is 4. The number of sulfonamides is 1. The average molecular weight is 1400 g/mol. The first-order chi connectivity index (χ1) is 47.0. The summed E-state index contributed by atoms with van der Waals surface area (Å²) in [6.45, 7) is 16.3. The molecule has 100 heavy (non-hydrogen) atoms. The first-order valence-electron chi connectivity index (χ1n) is 33.0. The monoisotopic (exact) mass is 1400 g/mol. The number of amides is 3. The summed E-state index contributed by atoms with van der Waals surface area (Å²) in [5.74, 6) is -9.04. The molecule has 536 valence electrons. The van der Waals surface area contributed by atoms with Gasteiger partial charge in [0.25, 0.3) is 5.91 Å². The zero-order valence-electron chi connectivity index (χ0n) is 57.4. The molecule has 11 atom stereocenters. The molecule has 2 saturated carbocycles. The molecule has 5 aromatic rings. The number of aliphatic hydroxyl groups excluding tert-OH is 2. The Hall–Kier alpha value is -9.13. The highest BCUT2D eigenvalue weighted by molar-refractivity contribution is 7.89. The number of phenols is 2. The largest absolute Gasteiger partial charge is 0.508 e. The van der Waals surface area contributed by atoms with E-state index in [-0.39, 0.29) is 113 Å². The van der Waals surface area contributed by atoms with Gasteiger partial charge in [0.05, 0.1) is 46.5 Å². The molecule has 3 amide bonds. The molecule has 5 aliphatic rings. The van der Waals surface area contributed by atoms with Gasteiger partial charge < -0.3 is 69.5 Å². The Kier molecular flexibility index (Phi) is 20.7. The Labute approximate surface area is 578 Å². The van der Waals surface area contributed by atoms with Crippen molar-refractivity contribution in [3.05, 3.63) is 131 Å². The molecule has 3 heterocycles. The minimum atomic E-state index is -4.23. The van der Waals surface area contributed by atoms with Crippen molar-refractivity contribution in [2.75, 3.05) is 39.3 Å². The number of aromatic hydroxyl groups is 2. The lowest BCUT2D eigenvalue weighted by Gasteiger charge is -2.67. The number of carbonyl (C=O) groups excluding carboxylic acids is 8. The van der Waals surface area contributed by atoms with Crippen LogP contribution in [0.2, 0.25) is 0 Å². The van der Waals surface area contributed by atoms with Gasteiger partial charge in [0, 0.05) is 76.1 Å². The number of nitrogens with one attached hydrogen (secondary N) is 2. The van der Waals surface area contributed by atoms with Crippen LogP contribution in [0.3, 0.4) is 0 Å². The Morgan fingerprint density at radius 3 is 2.07 bits per heavy atom. The number of carbonyl (C=O) groups is 8. The van der Waals surface area contributed by atoms with E-state index in [0.29, 0.717) is 5.56 Å². The number of hydrogen-bond acceptors (Lipinski definition) is 23. The van der Waals surface area contributed by atoms with Crippen molar-refractivity contribution in [1.29, 1.82) is 0 Å². The van der Waals surface area contributed by atoms with Crippen molar-refractivity contribution in [2.45, 2.75) is 172 Å². The third-order valence-electron chi connectivity index (χ3n) is 19.9. The van der Waals surface area contributed by atoms with Crippen LogP contribution in [0.15, 0.2) is 113 Å². The topological polar surface area (TPSA) is 388 Å². The molecule has 2 aliphatic heterocycles. The van der Waals surface area contributed by atoms with Gasteiger partial charge in [0.1, 0.15) is 53.2 Å². The van der Waals surface area contributed by atoms with Gasteiger partial charge in [-0.25, -0.2) is 22.8 Å². The number of ether oxygens (including phenoxy) is 6. The van der Waals surface area contributed by atoms with Crippen LogP contribution in [0.4, 0.5) is 4.79 Å². The van der Waals surface area contributed by atoms with E-state index in [9.17, 15) is 62.7 Å². The van der Waals surface area contributed by atoms with E-state index in [0.717, 1.165) is 13.0 Å². The summed E-state index contributed by atoms with van der Waals surface area (Å²) in [5.41, 5.74) is -8.52. The van der Waals surface area contributed by atoms with Gasteiger partial charge in [-0.15, -0.1) is 10.2 Å². The summed E-state index contributed by atoms with van der Waals surface area (Å²) in [6, 6.07) is 22.1. The third kappa shape index (κ3) is 13.7. The van der Waals surface area contributed by atoms with Crippen molar-refractivity contribution in [2.24, 2.45) is 16.7 Å². The molecule has 1 aromatic heterocycles. The van der Waals surface area contributed by atoms with Gasteiger partial charge in [0.2, 0.25) is 27.9 Å². The second kappa shape index (κ2) is 28.1. The van der Waals surface area contributed by atoms with Gasteiger partial charge in [-0.1, -0.05) is 76.2 Å². The van der Waals surface area contributed by atoms with Crippen LogP contribution >= 0.6 is 0 Å². The molecule has 3 aliphatic carbocycles. The lowest BCUT2D eigenvalue weighted by atomic mass is 9.44. The van der Waals surface area contributed by atoms with E-state index in [1.165, 1.54) is 96.1 Å². The molecule has 2 bridgehead atoms. The van der Waals surface area contributed by atoms with Gasteiger partial charge in [-0.3, -0.25) is 28.5 Å². The zero-order chi connectivity index (χ0) is 72.9. The van der Waals surface area contributed by atoms with Crippen molar-refractivity contribution >= 4 is 57.6 Å². The average Bonchev–Trinajstić information content (AvgIpc) is 0.733. The predicted molar refractivity (Wildman–Crippen MR) is 354 cm³/mol. The van der Waals surface area contributed by atoms with Crippen molar-refractivity contribution in [1.82, 2.24) is 34.6 Å². The molecule has 0 spiro atoms. The summed E-state index contributed by atoms with van der Waals surface area (Å²) in [5, 5.41) is 73.9. The number of hydrogen-bond donors (Lipinski definition) is 7. The Morgan fingerprint density at radius 2 is 1.48 bits per heavy atom. The molecule has 2 saturated heterocycles. The Morgan fingerprint density at radius 1 is 0.840 bits per heavy atom. The van der Waals surface area contributed by atoms with E-state index in [4.69, 9.17) is 28.4 Å². The van der Waals surface area contributed by atoms with Gasteiger partial charge in [-0.05, 0) is 112 Å². The van der Waals surface area contributed by atoms with Crippen LogP contribution in [-0.4, -0.2) is 198 Å². The molecule has 4 aromatic carbocycles. The predicted octanol–water partition coefficient (Wildman–Crippen LogP) is 5.66. The van der Waals surface area contributed by atoms with Crippen LogP contribution in [0.1, 0.15) is 146 Å². The fraction of sp³-hybridized carbons (Fsp3) is 0.493. The zero-order valence-corrected chi connectivity index (χ0v) is 58.2. The Bertz CT molecular complexity index is 4150. The fourth-order valence-electron chi connectivity index (χ4n) is 14.6. The maximum atomic E-state index is 15.5. The summed E-state index contributed by atoms with van der Waals surface area (Å²) >= 11 is 0. The second-order valence-electron chi connectivity index (χ2n) is 27.9. The number of fused-ring (bicyclic) bond motifs is 5. The third-order valence-corrected chi connectivity index (χ3v) is 21.8. The van der Waals surface area contributed by atoms with E-state index in [1.807, 2.05) is 13.8 Å². The van der Waals surface area contributed by atoms with E-state index in [2.05, 4.69) is 20.8 Å². The number of ketones is 1. The number of alkyl carbamates (subject to hydrolysis) is 1. The summed E-state index contributed by atoms with van der Waals surface area (Å²) in [6.07, 6.45) is -13.9. The Balaban J connectivity index is 0.908. The van der Waals surface area contributed by atoms with Crippen LogP contribution in [0.25, 0.3) is 17.1 Å². The normalized spacial score (nSPS) is 25.7. The van der Waals surface area contributed by atoms with Crippen LogP contribution in [-0.2, 0) is 62.4 Å². The number of esters is 4. The number of rotatable bonds is 19. The standard InChI is InChI=1S/C71H85N7O21S/c1-12-72-63(87)62-75-74-61(46-33-45(38(2)3)47(80)34-48(46)81)78(62)43-23-25-44(26-24-43)100(92,93)77-31-29-76(30-32-77)52(83)27-28-53(84)96-57(55(41-19-15-13-16-20-41)73-66(90)99-67(6,7)8)65(89)95-49-36-71(91)60(97-64(88)42-21-17-14-18-22-42)58-69(11,59(86)56(85)54(39(49)4)68(71,9)10)50(82)35-51-70(58,37-94-51)98-40(5)79/h13-26,33-34,38,49-51,55-58,60,80-82,85,91H,12,27-32,35-37H2,1-11H3,(H,72,87)(H,73,90)/t49-,50-,51+,55-,56+,57+,58-,60-,69+,70-,71?/m0/s1. The van der Waals surface area contributed by atoms with Crippen LogP contribution < -0.4 is 10.6 Å². The highest BCUT2D eigenvalue weighted by Gasteiger charge is 2.78. The highest BCUT2D eigenvalue weighted by atomic mass is 32.2. The maximum Gasteiger partial charge on any atom is 0.408 e. The summed E-state index contributed by atoms with van der Waals surface area (Å²) in [7, 11) is -4.23. The summed E-state index contributed by atoms with van der Waals surface area (Å²) < 4.78 is 67.5. The minimum Gasteiger partial charge on any atom is -0.508 e. The summed E-state index contributed by atoms with van der Waals surface area (Å²) in [4.78, 5) is 115. The number of aliphatic hydroxyl groups is 3. The quantitative estimate of drug-likeness (QED) is 0.0298. The molecule has 4 fully saturated rings. The van der Waals surface area contributed by atoms with Gasteiger partial charge >= 0.3 is 30.0 Å². The number of piperazine rings is 1. The number of aromatic nitrogens is 3. The van der Waals surface area contributed by atoms with Crippen molar-refractivity contribution in [3.8, 4) is 28.6 Å².